The van der Waals surface area contributed by atoms with Crippen molar-refractivity contribution in [3.8, 4) is 0 Å². The molecule has 1 aromatic rings. The van der Waals surface area contributed by atoms with E-state index in [1.165, 1.54) is 28.1 Å². The second-order valence-corrected chi connectivity index (χ2v) is 4.10. The Hall–Kier alpha value is -1.76. The van der Waals surface area contributed by atoms with E-state index in [4.69, 9.17) is 18.0 Å². The lowest BCUT2D eigenvalue weighted by atomic mass is 10.4. The Balaban J connectivity index is 2.57. The van der Waals surface area contributed by atoms with Crippen molar-refractivity contribution in [3.63, 3.8) is 0 Å². The molecule has 2 N–H and O–H groups in total. The van der Waals surface area contributed by atoms with Gasteiger partial charge in [-0.25, -0.2) is 4.98 Å². The van der Waals surface area contributed by atoms with E-state index in [0.717, 1.165) is 0 Å². The molecule has 0 bridgehead atoms. The highest BCUT2D eigenvalue weighted by atomic mass is 32.1. The lowest BCUT2D eigenvalue weighted by molar-refractivity contribution is -0.130. The zero-order chi connectivity index (χ0) is 12.8. The summed E-state index contributed by atoms with van der Waals surface area (Å²) in [5.41, 5.74) is 5.09. The molecule has 0 atom stereocenters. The maximum atomic E-state index is 11.7. The van der Waals surface area contributed by atoms with Gasteiger partial charge in [-0.1, -0.05) is 12.2 Å². The van der Waals surface area contributed by atoms with Gasteiger partial charge in [0.1, 0.15) is 6.54 Å². The van der Waals surface area contributed by atoms with Crippen LogP contribution in [0.4, 0.5) is 0 Å². The molecule has 7 heteroatoms. The third kappa shape index (κ3) is 4.31. The zero-order valence-corrected chi connectivity index (χ0v) is 10.3. The van der Waals surface area contributed by atoms with Crippen LogP contribution in [0, 0.1) is 0 Å². The van der Waals surface area contributed by atoms with Gasteiger partial charge in [0.2, 0.25) is 5.91 Å². The van der Waals surface area contributed by atoms with Crippen molar-refractivity contribution in [1.29, 1.82) is 0 Å². The van der Waals surface area contributed by atoms with Gasteiger partial charge in [0.25, 0.3) is 5.56 Å². The summed E-state index contributed by atoms with van der Waals surface area (Å²) in [6, 6.07) is 1.31. The van der Waals surface area contributed by atoms with Crippen LogP contribution in [0.25, 0.3) is 0 Å². The molecule has 1 aromatic heterocycles. The van der Waals surface area contributed by atoms with Crippen molar-refractivity contribution in [3.05, 3.63) is 28.9 Å². The Kier molecular flexibility index (Phi) is 4.77. The molecule has 92 valence electrons. The Morgan fingerprint density at radius 2 is 2.35 bits per heavy atom. The van der Waals surface area contributed by atoms with Crippen molar-refractivity contribution < 1.29 is 4.79 Å². The standard InChI is InChI=1S/C10H14N4O2S/c1-13(5-3-8(11)17)10(16)6-14-7-12-4-2-9(14)15/h2,4,7H,3,5-6H2,1H3,(H2,11,17). The molecule has 1 heterocycles. The van der Waals surface area contributed by atoms with Crippen molar-refractivity contribution in [1.82, 2.24) is 14.5 Å². The van der Waals surface area contributed by atoms with E-state index in [1.54, 1.807) is 7.05 Å². The molecule has 6 nitrogen and oxygen atoms in total. The Morgan fingerprint density at radius 3 is 2.94 bits per heavy atom. The maximum Gasteiger partial charge on any atom is 0.253 e. The molecule has 0 unspecified atom stereocenters. The van der Waals surface area contributed by atoms with E-state index >= 15 is 0 Å². The summed E-state index contributed by atoms with van der Waals surface area (Å²) in [6.07, 6.45) is 3.20. The SMILES string of the molecule is CN(CCC(N)=S)C(=O)Cn1cnccc1=O. The molecule has 0 aliphatic carbocycles. The van der Waals surface area contributed by atoms with Crippen LogP contribution in [0.1, 0.15) is 6.42 Å². The quantitative estimate of drug-likeness (QED) is 0.708. The lowest BCUT2D eigenvalue weighted by Crippen LogP contribution is -2.35. The number of hydrogen-bond acceptors (Lipinski definition) is 4. The van der Waals surface area contributed by atoms with Crippen LogP contribution < -0.4 is 11.3 Å². The first-order valence-electron chi connectivity index (χ1n) is 5.03. The minimum atomic E-state index is -0.254. The molecule has 0 radical (unpaired) electrons. The minimum Gasteiger partial charge on any atom is -0.393 e. The van der Waals surface area contributed by atoms with Crippen molar-refractivity contribution >= 4 is 23.1 Å². The number of nitrogens with zero attached hydrogens (tertiary/aromatic N) is 3. The maximum absolute atomic E-state index is 11.7. The fourth-order valence-electron chi connectivity index (χ4n) is 1.17. The van der Waals surface area contributed by atoms with Crippen LogP contribution in [-0.2, 0) is 11.3 Å². The van der Waals surface area contributed by atoms with Gasteiger partial charge in [-0.3, -0.25) is 14.2 Å². The third-order valence-electron chi connectivity index (χ3n) is 2.22. The highest BCUT2D eigenvalue weighted by Crippen LogP contribution is 1.92. The molecule has 1 rings (SSSR count). The van der Waals surface area contributed by atoms with E-state index < -0.39 is 0 Å². The number of aromatic nitrogens is 2. The number of hydrogen-bond donors (Lipinski definition) is 1. The molecule has 0 aliphatic rings. The summed E-state index contributed by atoms with van der Waals surface area (Å²) < 4.78 is 1.25. The second-order valence-electron chi connectivity index (χ2n) is 3.58. The van der Waals surface area contributed by atoms with Gasteiger partial charge in [0, 0.05) is 32.3 Å². The van der Waals surface area contributed by atoms with Crippen LogP contribution in [-0.4, -0.2) is 38.9 Å². The summed E-state index contributed by atoms with van der Waals surface area (Å²) >= 11 is 4.73. The predicted octanol–water partition coefficient (Wildman–Crippen LogP) is -0.622. The van der Waals surface area contributed by atoms with E-state index in [2.05, 4.69) is 4.98 Å². The van der Waals surface area contributed by atoms with E-state index in [-0.39, 0.29) is 18.0 Å². The first-order chi connectivity index (χ1) is 8.00. The van der Waals surface area contributed by atoms with Gasteiger partial charge in [-0.15, -0.1) is 0 Å². The number of carbonyl (C=O) groups is 1. The number of likely N-dealkylation sites (N-methyl/N-ethyl adjacent to an activating group) is 1. The largest absolute Gasteiger partial charge is 0.393 e. The lowest BCUT2D eigenvalue weighted by Gasteiger charge is -2.17. The highest BCUT2D eigenvalue weighted by Gasteiger charge is 2.10. The van der Waals surface area contributed by atoms with Crippen LogP contribution in [0.3, 0.4) is 0 Å². The minimum absolute atomic E-state index is 0.0273. The normalized spacial score (nSPS) is 9.94. The monoisotopic (exact) mass is 254 g/mol. The fraction of sp³-hybridized carbons (Fsp3) is 0.400. The van der Waals surface area contributed by atoms with Crippen LogP contribution in [0.2, 0.25) is 0 Å². The van der Waals surface area contributed by atoms with Crippen LogP contribution >= 0.6 is 12.2 Å². The molecule has 0 spiro atoms. The smallest absolute Gasteiger partial charge is 0.253 e. The number of thiocarbonyl (C=S) groups is 1. The molecule has 0 aromatic carbocycles. The molecule has 17 heavy (non-hydrogen) atoms. The Bertz CT molecular complexity index is 471. The van der Waals surface area contributed by atoms with E-state index in [0.29, 0.717) is 18.0 Å². The number of carbonyl (C=O) groups excluding carboxylic acids is 1. The highest BCUT2D eigenvalue weighted by molar-refractivity contribution is 7.80. The van der Waals surface area contributed by atoms with Gasteiger partial charge in [0.05, 0.1) is 11.3 Å². The van der Waals surface area contributed by atoms with Gasteiger partial charge < -0.3 is 10.6 Å². The first-order valence-corrected chi connectivity index (χ1v) is 5.44. The van der Waals surface area contributed by atoms with E-state index in [1.807, 2.05) is 0 Å². The molecular weight excluding hydrogens is 240 g/mol. The Morgan fingerprint density at radius 1 is 1.65 bits per heavy atom. The molecule has 0 fully saturated rings. The molecule has 0 saturated carbocycles. The van der Waals surface area contributed by atoms with Crippen LogP contribution in [0.5, 0.6) is 0 Å². The van der Waals surface area contributed by atoms with Gasteiger partial charge >= 0.3 is 0 Å². The van der Waals surface area contributed by atoms with Crippen molar-refractivity contribution in [2.45, 2.75) is 13.0 Å². The summed E-state index contributed by atoms with van der Waals surface area (Å²) in [4.78, 5) is 28.7. The summed E-state index contributed by atoms with van der Waals surface area (Å²) in [5.74, 6) is -0.184. The van der Waals surface area contributed by atoms with Crippen LogP contribution in [0.15, 0.2) is 23.4 Å². The average molecular weight is 254 g/mol. The van der Waals surface area contributed by atoms with Gasteiger partial charge in [0.15, 0.2) is 0 Å². The molecule has 1 amide bonds. The number of rotatable bonds is 5. The predicted molar refractivity (Wildman–Crippen MR) is 67.5 cm³/mol. The van der Waals surface area contributed by atoms with Gasteiger partial charge in [-0.05, 0) is 0 Å². The number of nitrogens with two attached hydrogens (primary N) is 1. The van der Waals surface area contributed by atoms with Crippen molar-refractivity contribution in [2.75, 3.05) is 13.6 Å². The second kappa shape index (κ2) is 6.09. The summed E-state index contributed by atoms with van der Waals surface area (Å²) in [6.45, 7) is 0.420. The average Bonchev–Trinajstić information content (AvgIpc) is 2.28. The van der Waals surface area contributed by atoms with Gasteiger partial charge in [-0.2, -0.15) is 0 Å². The third-order valence-corrected chi connectivity index (χ3v) is 2.42. The molecular formula is C10H14N4O2S. The number of amides is 1. The first kappa shape index (κ1) is 13.3. The summed E-state index contributed by atoms with van der Waals surface area (Å²) in [5, 5.41) is 0. The van der Waals surface area contributed by atoms with Crippen molar-refractivity contribution in [2.24, 2.45) is 5.73 Å². The fourth-order valence-corrected chi connectivity index (χ4v) is 1.26. The zero-order valence-electron chi connectivity index (χ0n) is 9.50. The Labute approximate surface area is 104 Å². The summed E-state index contributed by atoms with van der Waals surface area (Å²) in [7, 11) is 1.64. The van der Waals surface area contributed by atoms with E-state index in [9.17, 15) is 9.59 Å². The molecule has 0 aliphatic heterocycles. The topological polar surface area (TPSA) is 81.2 Å². The molecule has 0 saturated heterocycles.